The third-order valence-electron chi connectivity index (χ3n) is 8.35. The van der Waals surface area contributed by atoms with E-state index in [1.54, 1.807) is 20.8 Å². The lowest BCUT2D eigenvalue weighted by Gasteiger charge is -2.36. The molecule has 3 rings (SSSR count). The van der Waals surface area contributed by atoms with Crippen molar-refractivity contribution < 1.29 is 43.2 Å². The average Bonchev–Trinajstić information content (AvgIpc) is 3.30. The topological polar surface area (TPSA) is 142 Å². The van der Waals surface area contributed by atoms with Gasteiger partial charge in [-0.1, -0.05) is 20.3 Å². The highest BCUT2D eigenvalue weighted by atomic mass is 32.1. The molecule has 2 fully saturated rings. The van der Waals surface area contributed by atoms with Gasteiger partial charge < -0.3 is 24.1 Å². The van der Waals surface area contributed by atoms with Crippen molar-refractivity contribution in [2.75, 3.05) is 0 Å². The Bertz CT molecular complexity index is 1100. The third kappa shape index (κ3) is 7.55. The van der Waals surface area contributed by atoms with Crippen LogP contribution in [0.1, 0.15) is 84.3 Å². The fourth-order valence-corrected chi connectivity index (χ4v) is 6.27. The van der Waals surface area contributed by atoms with Crippen molar-refractivity contribution in [1.29, 1.82) is 0 Å². The van der Waals surface area contributed by atoms with Gasteiger partial charge in [0.25, 0.3) is 12.9 Å². The van der Waals surface area contributed by atoms with Gasteiger partial charge in [-0.25, -0.2) is 4.98 Å². The molecule has 1 N–H and O–H groups in total. The Balaban J connectivity index is 1.93. The van der Waals surface area contributed by atoms with Crippen molar-refractivity contribution in [3.8, 4) is 0 Å². The molecule has 2 saturated heterocycles. The van der Waals surface area contributed by atoms with E-state index in [1.807, 2.05) is 32.2 Å². The Morgan fingerprint density at radius 1 is 1.20 bits per heavy atom. The van der Waals surface area contributed by atoms with Crippen molar-refractivity contribution in [3.05, 3.63) is 21.7 Å². The molecule has 3 heterocycles. The molecule has 10 nitrogen and oxygen atoms in total. The van der Waals surface area contributed by atoms with Gasteiger partial charge in [-0.15, -0.1) is 11.3 Å². The number of ether oxygens (including phenoxy) is 4. The number of fused-ring (bicyclic) bond motifs is 1. The zero-order valence-electron chi connectivity index (χ0n) is 24.1. The van der Waals surface area contributed by atoms with E-state index in [1.165, 1.54) is 11.3 Å². The van der Waals surface area contributed by atoms with Crippen molar-refractivity contribution in [3.63, 3.8) is 0 Å². The number of aliphatic hydroxyl groups excluding tert-OH is 1. The highest BCUT2D eigenvalue weighted by molar-refractivity contribution is 7.09. The minimum absolute atomic E-state index is 0.107. The maximum atomic E-state index is 13.7. The monoisotopic (exact) mass is 579 g/mol. The van der Waals surface area contributed by atoms with Crippen LogP contribution in [0.15, 0.2) is 11.0 Å². The summed E-state index contributed by atoms with van der Waals surface area (Å²) in [7, 11) is 0. The van der Waals surface area contributed by atoms with Gasteiger partial charge in [-0.3, -0.25) is 19.2 Å². The molecule has 11 heteroatoms. The van der Waals surface area contributed by atoms with Gasteiger partial charge in [0.2, 0.25) is 0 Å². The predicted octanol–water partition coefficient (Wildman–Crippen LogP) is 4.02. The molecule has 0 bridgehead atoms. The first-order chi connectivity index (χ1) is 18.9. The summed E-state index contributed by atoms with van der Waals surface area (Å²) >= 11 is 1.33. The number of hydrogen-bond acceptors (Lipinski definition) is 11. The van der Waals surface area contributed by atoms with Crippen LogP contribution in [0.3, 0.4) is 0 Å². The summed E-state index contributed by atoms with van der Waals surface area (Å²) in [5.41, 5.74) is -0.250. The molecule has 0 amide bonds. The van der Waals surface area contributed by atoms with Crippen LogP contribution in [0.5, 0.6) is 0 Å². The first-order valence-electron chi connectivity index (χ1n) is 13.7. The molecule has 0 aliphatic carbocycles. The number of esters is 1. The summed E-state index contributed by atoms with van der Waals surface area (Å²) < 4.78 is 22.7. The smallest absolute Gasteiger partial charge is 0.310 e. The molecule has 1 aromatic heterocycles. The summed E-state index contributed by atoms with van der Waals surface area (Å²) in [6, 6.07) is 0. The predicted molar refractivity (Wildman–Crippen MR) is 147 cm³/mol. The second-order valence-electron chi connectivity index (χ2n) is 11.7. The Morgan fingerprint density at radius 2 is 1.90 bits per heavy atom. The maximum Gasteiger partial charge on any atom is 0.310 e. The van der Waals surface area contributed by atoms with Gasteiger partial charge in [-0.05, 0) is 58.1 Å². The van der Waals surface area contributed by atoms with E-state index in [0.29, 0.717) is 30.0 Å². The van der Waals surface area contributed by atoms with Gasteiger partial charge in [0.1, 0.15) is 29.1 Å². The van der Waals surface area contributed by atoms with Crippen LogP contribution in [0.25, 0.3) is 6.08 Å². The molecular formula is C29H41NO9S. The number of aromatic nitrogens is 1. The first-order valence-corrected chi connectivity index (χ1v) is 14.6. The largest absolute Gasteiger partial charge is 0.464 e. The average molecular weight is 580 g/mol. The van der Waals surface area contributed by atoms with Crippen molar-refractivity contribution in [1.82, 2.24) is 4.98 Å². The zero-order valence-corrected chi connectivity index (χ0v) is 24.9. The van der Waals surface area contributed by atoms with Crippen LogP contribution in [0.2, 0.25) is 0 Å². The fraction of sp³-hybridized carbons (Fsp3) is 0.690. The van der Waals surface area contributed by atoms with Crippen LogP contribution < -0.4 is 0 Å². The van der Waals surface area contributed by atoms with Gasteiger partial charge >= 0.3 is 5.97 Å². The molecule has 0 aromatic carbocycles. The van der Waals surface area contributed by atoms with Gasteiger partial charge in [0, 0.05) is 11.8 Å². The molecular weight excluding hydrogens is 538 g/mol. The number of nitrogens with zero attached hydrogens (tertiary/aromatic N) is 1. The Morgan fingerprint density at radius 3 is 2.52 bits per heavy atom. The number of thiazole rings is 1. The SMILES string of the molecule is C/C(=C\c1csc(CO)n1)C1CC2OC2(C)CCCC(C)C(OC=O)C(C)C(=O)C(C)(C)C(OC=O)CC(=O)O1. The molecule has 2 aliphatic rings. The second-order valence-corrected chi connectivity index (χ2v) is 12.7. The minimum atomic E-state index is -1.26. The number of carbonyl (C=O) groups is 4. The number of aliphatic hydroxyl groups is 1. The standard InChI is InChI=1S/C29H41NO9S/c1-17-8-7-9-29(6)23(39-29)11-21(18(2)10-20-14-40-24(13-31)30-20)38-25(34)12-22(36-15-32)28(4,5)27(35)19(3)26(17)37-16-33/h10,14-17,19,21-23,26,31H,7-9,11-13H2,1-6H3/b18-10+. The molecule has 0 spiro atoms. The Kier molecular flexibility index (Phi) is 10.6. The molecule has 40 heavy (non-hydrogen) atoms. The molecule has 7 unspecified atom stereocenters. The second kappa shape index (κ2) is 13.4. The summed E-state index contributed by atoms with van der Waals surface area (Å²) in [5.74, 6) is -1.72. The van der Waals surface area contributed by atoms with Crippen molar-refractivity contribution >= 4 is 42.1 Å². The lowest BCUT2D eigenvalue weighted by atomic mass is 9.72. The number of hydrogen-bond donors (Lipinski definition) is 1. The summed E-state index contributed by atoms with van der Waals surface area (Å²) in [6.07, 6.45) is 1.63. The quantitative estimate of drug-likeness (QED) is 0.218. The normalized spacial score (nSPS) is 33.8. The summed E-state index contributed by atoms with van der Waals surface area (Å²) in [6.45, 7) is 11.2. The molecule has 0 saturated carbocycles. The van der Waals surface area contributed by atoms with E-state index in [-0.39, 0.29) is 42.9 Å². The summed E-state index contributed by atoms with van der Waals surface area (Å²) in [4.78, 5) is 54.1. The lowest BCUT2D eigenvalue weighted by Crippen LogP contribution is -2.47. The maximum absolute atomic E-state index is 13.7. The Hall–Kier alpha value is -2.63. The fourth-order valence-electron chi connectivity index (χ4n) is 5.66. The highest BCUT2D eigenvalue weighted by Crippen LogP contribution is 2.45. The van der Waals surface area contributed by atoms with Crippen LogP contribution in [-0.2, 0) is 44.7 Å². The highest BCUT2D eigenvalue weighted by Gasteiger charge is 2.53. The number of carbonyl (C=O) groups excluding carboxylic acids is 4. The summed E-state index contributed by atoms with van der Waals surface area (Å²) in [5, 5.41) is 11.8. The van der Waals surface area contributed by atoms with Gasteiger partial charge in [0.15, 0.2) is 0 Å². The van der Waals surface area contributed by atoms with Crippen LogP contribution in [0.4, 0.5) is 0 Å². The van der Waals surface area contributed by atoms with Gasteiger partial charge in [0.05, 0.1) is 41.8 Å². The van der Waals surface area contributed by atoms with E-state index < -0.39 is 35.6 Å². The minimum Gasteiger partial charge on any atom is -0.464 e. The first kappa shape index (κ1) is 31.9. The van der Waals surface area contributed by atoms with Crippen molar-refractivity contribution in [2.24, 2.45) is 17.3 Å². The van der Waals surface area contributed by atoms with E-state index in [4.69, 9.17) is 18.9 Å². The number of cyclic esters (lactones) is 1. The molecule has 1 aromatic rings. The number of ketones is 1. The van der Waals surface area contributed by atoms with E-state index >= 15 is 0 Å². The number of rotatable bonds is 7. The lowest BCUT2D eigenvalue weighted by molar-refractivity contribution is -0.161. The molecule has 2 aliphatic heterocycles. The van der Waals surface area contributed by atoms with E-state index in [9.17, 15) is 24.3 Å². The van der Waals surface area contributed by atoms with E-state index in [2.05, 4.69) is 4.98 Å². The Labute approximate surface area is 239 Å². The van der Waals surface area contributed by atoms with Crippen LogP contribution in [0, 0.1) is 17.3 Å². The third-order valence-corrected chi connectivity index (χ3v) is 9.20. The van der Waals surface area contributed by atoms with E-state index in [0.717, 1.165) is 18.4 Å². The molecule has 7 atom stereocenters. The van der Waals surface area contributed by atoms with Crippen LogP contribution in [-0.4, -0.2) is 64.8 Å². The number of epoxide rings is 1. The number of Topliss-reactive ketones (excluding diaryl/α,β-unsaturated/α-hetero) is 1. The molecule has 222 valence electrons. The van der Waals surface area contributed by atoms with Gasteiger partial charge in [-0.2, -0.15) is 0 Å². The zero-order chi connectivity index (χ0) is 29.7. The van der Waals surface area contributed by atoms with Crippen molar-refractivity contribution in [2.45, 2.75) is 110 Å². The molecule has 0 radical (unpaired) electrons. The van der Waals surface area contributed by atoms with Crippen LogP contribution >= 0.6 is 11.3 Å².